The summed E-state index contributed by atoms with van der Waals surface area (Å²) in [4.78, 5) is 25.6. The van der Waals surface area contributed by atoms with Gasteiger partial charge < -0.3 is 10.2 Å². The number of carbonyl (C=O) groups excluding carboxylic acids is 2. The summed E-state index contributed by atoms with van der Waals surface area (Å²) in [5.74, 6) is 0.171. The van der Waals surface area contributed by atoms with Gasteiger partial charge in [0, 0.05) is 30.3 Å². The zero-order valence-corrected chi connectivity index (χ0v) is 11.6. The Hall–Kier alpha value is -1.84. The van der Waals surface area contributed by atoms with Gasteiger partial charge in [-0.15, -0.1) is 0 Å². The van der Waals surface area contributed by atoms with Gasteiger partial charge in [0.2, 0.25) is 5.91 Å². The quantitative estimate of drug-likeness (QED) is 0.919. The summed E-state index contributed by atoms with van der Waals surface area (Å²) in [6, 6.07) is 7.69. The molecule has 1 aromatic carbocycles. The first-order chi connectivity index (χ1) is 9.74. The smallest absolute Gasteiger partial charge is 0.251 e. The molecule has 0 atom stereocenters. The molecule has 0 aromatic heterocycles. The van der Waals surface area contributed by atoms with Gasteiger partial charge in [-0.05, 0) is 43.5 Å². The van der Waals surface area contributed by atoms with E-state index >= 15 is 0 Å². The second-order valence-corrected chi connectivity index (χ2v) is 5.65. The molecule has 1 aliphatic carbocycles. The van der Waals surface area contributed by atoms with Crippen molar-refractivity contribution in [2.45, 2.75) is 44.6 Å². The minimum Gasteiger partial charge on any atom is -0.349 e. The van der Waals surface area contributed by atoms with Crippen molar-refractivity contribution in [3.05, 3.63) is 29.8 Å². The second kappa shape index (κ2) is 5.65. The number of hydrogen-bond acceptors (Lipinski definition) is 2. The van der Waals surface area contributed by atoms with Crippen LogP contribution >= 0.6 is 0 Å². The molecule has 0 spiro atoms. The van der Waals surface area contributed by atoms with E-state index in [0.29, 0.717) is 18.0 Å². The molecule has 1 aromatic rings. The molecule has 2 aliphatic rings. The van der Waals surface area contributed by atoms with Crippen molar-refractivity contribution in [3.63, 3.8) is 0 Å². The first kappa shape index (κ1) is 13.2. The molecule has 4 nitrogen and oxygen atoms in total. The van der Waals surface area contributed by atoms with Crippen LogP contribution in [-0.2, 0) is 4.79 Å². The fourth-order valence-corrected chi connectivity index (χ4v) is 3.05. The van der Waals surface area contributed by atoms with Crippen LogP contribution in [0, 0.1) is 0 Å². The molecule has 3 rings (SSSR count). The van der Waals surface area contributed by atoms with Crippen LogP contribution in [0.25, 0.3) is 0 Å². The molecule has 2 fully saturated rings. The van der Waals surface area contributed by atoms with Crippen molar-refractivity contribution >= 4 is 17.5 Å². The van der Waals surface area contributed by atoms with Crippen molar-refractivity contribution in [2.24, 2.45) is 0 Å². The van der Waals surface area contributed by atoms with Crippen molar-refractivity contribution in [3.8, 4) is 0 Å². The van der Waals surface area contributed by atoms with Gasteiger partial charge in [-0.1, -0.05) is 12.8 Å². The molecule has 0 unspecified atom stereocenters. The van der Waals surface area contributed by atoms with Crippen LogP contribution in [-0.4, -0.2) is 24.4 Å². The highest BCUT2D eigenvalue weighted by molar-refractivity contribution is 5.97. The van der Waals surface area contributed by atoms with Gasteiger partial charge in [0.25, 0.3) is 5.91 Å². The Morgan fingerprint density at radius 1 is 1.10 bits per heavy atom. The van der Waals surface area contributed by atoms with Crippen molar-refractivity contribution in [1.82, 2.24) is 5.32 Å². The average Bonchev–Trinajstić information content (AvgIpc) is 3.10. The summed E-state index contributed by atoms with van der Waals surface area (Å²) < 4.78 is 0. The number of benzene rings is 1. The lowest BCUT2D eigenvalue weighted by molar-refractivity contribution is -0.117. The lowest BCUT2D eigenvalue weighted by Gasteiger charge is -2.16. The summed E-state index contributed by atoms with van der Waals surface area (Å²) in [7, 11) is 0. The van der Waals surface area contributed by atoms with Crippen LogP contribution < -0.4 is 10.2 Å². The van der Waals surface area contributed by atoms with E-state index < -0.39 is 0 Å². The van der Waals surface area contributed by atoms with E-state index in [1.807, 2.05) is 24.3 Å². The summed E-state index contributed by atoms with van der Waals surface area (Å²) >= 11 is 0. The van der Waals surface area contributed by atoms with E-state index in [1.54, 1.807) is 4.90 Å². The van der Waals surface area contributed by atoms with Gasteiger partial charge in [0.05, 0.1) is 0 Å². The third kappa shape index (κ3) is 2.69. The van der Waals surface area contributed by atoms with Gasteiger partial charge in [0.15, 0.2) is 0 Å². The van der Waals surface area contributed by atoms with E-state index in [9.17, 15) is 9.59 Å². The Kier molecular flexibility index (Phi) is 3.72. The monoisotopic (exact) mass is 272 g/mol. The topological polar surface area (TPSA) is 49.4 Å². The lowest BCUT2D eigenvalue weighted by atomic mass is 10.1. The van der Waals surface area contributed by atoms with Crippen molar-refractivity contribution in [1.29, 1.82) is 0 Å². The largest absolute Gasteiger partial charge is 0.349 e. The number of rotatable bonds is 3. The maximum Gasteiger partial charge on any atom is 0.251 e. The molecule has 1 saturated carbocycles. The predicted molar refractivity (Wildman–Crippen MR) is 77.8 cm³/mol. The predicted octanol–water partition coefficient (Wildman–Crippen LogP) is 2.49. The third-order valence-corrected chi connectivity index (χ3v) is 4.20. The molecule has 20 heavy (non-hydrogen) atoms. The number of anilines is 1. The first-order valence-corrected chi connectivity index (χ1v) is 7.45. The summed E-state index contributed by atoms with van der Waals surface area (Å²) in [6.45, 7) is 0.784. The molecule has 4 heteroatoms. The number of hydrogen-bond donors (Lipinski definition) is 1. The van der Waals surface area contributed by atoms with E-state index in [-0.39, 0.29) is 11.8 Å². The summed E-state index contributed by atoms with van der Waals surface area (Å²) in [5.41, 5.74) is 1.57. The Bertz CT molecular complexity index is 504. The van der Waals surface area contributed by atoms with Gasteiger partial charge >= 0.3 is 0 Å². The normalized spacial score (nSPS) is 19.6. The van der Waals surface area contributed by atoms with Crippen LogP contribution in [0.15, 0.2) is 24.3 Å². The molecule has 2 amide bonds. The van der Waals surface area contributed by atoms with E-state index in [1.165, 1.54) is 12.8 Å². The highest BCUT2D eigenvalue weighted by Crippen LogP contribution is 2.22. The molecule has 1 heterocycles. The van der Waals surface area contributed by atoms with Gasteiger partial charge in [-0.3, -0.25) is 9.59 Å². The Morgan fingerprint density at radius 3 is 2.40 bits per heavy atom. The minimum absolute atomic E-state index is 0.00352. The maximum absolute atomic E-state index is 12.1. The Balaban J connectivity index is 1.66. The second-order valence-electron chi connectivity index (χ2n) is 5.65. The lowest BCUT2D eigenvalue weighted by Crippen LogP contribution is -2.32. The van der Waals surface area contributed by atoms with Crippen LogP contribution in [0.1, 0.15) is 48.9 Å². The van der Waals surface area contributed by atoms with Crippen LogP contribution in [0.5, 0.6) is 0 Å². The highest BCUT2D eigenvalue weighted by Gasteiger charge is 2.22. The Morgan fingerprint density at radius 2 is 1.80 bits per heavy atom. The molecular formula is C16H20N2O2. The zero-order valence-electron chi connectivity index (χ0n) is 11.6. The average molecular weight is 272 g/mol. The van der Waals surface area contributed by atoms with Crippen LogP contribution in [0.3, 0.4) is 0 Å². The first-order valence-electron chi connectivity index (χ1n) is 7.45. The molecule has 0 bridgehead atoms. The van der Waals surface area contributed by atoms with Crippen molar-refractivity contribution < 1.29 is 9.59 Å². The third-order valence-electron chi connectivity index (χ3n) is 4.20. The standard InChI is InChI=1S/C16H20N2O2/c19-15-6-3-11-18(15)14-9-7-12(8-10-14)16(20)17-13-4-1-2-5-13/h7-10,13H,1-6,11H2,(H,17,20). The highest BCUT2D eigenvalue weighted by atomic mass is 16.2. The summed E-state index contributed by atoms with van der Waals surface area (Å²) in [6.07, 6.45) is 6.15. The number of nitrogens with one attached hydrogen (secondary N) is 1. The van der Waals surface area contributed by atoms with E-state index in [4.69, 9.17) is 0 Å². The molecule has 106 valence electrons. The van der Waals surface area contributed by atoms with Crippen LogP contribution in [0.2, 0.25) is 0 Å². The fourth-order valence-electron chi connectivity index (χ4n) is 3.05. The fraction of sp³-hybridized carbons (Fsp3) is 0.500. The SMILES string of the molecule is O=C(NC1CCCC1)c1ccc(N2CCCC2=O)cc1. The zero-order chi connectivity index (χ0) is 13.9. The van der Waals surface area contributed by atoms with Gasteiger partial charge in [-0.2, -0.15) is 0 Å². The molecule has 1 aliphatic heterocycles. The van der Waals surface area contributed by atoms with Gasteiger partial charge in [-0.25, -0.2) is 0 Å². The number of amides is 2. The number of carbonyl (C=O) groups is 2. The van der Waals surface area contributed by atoms with Crippen molar-refractivity contribution in [2.75, 3.05) is 11.4 Å². The molecule has 1 N–H and O–H groups in total. The molecule has 1 saturated heterocycles. The number of nitrogens with zero attached hydrogens (tertiary/aromatic N) is 1. The van der Waals surface area contributed by atoms with E-state index in [0.717, 1.165) is 31.5 Å². The summed E-state index contributed by atoms with van der Waals surface area (Å²) in [5, 5.41) is 3.07. The van der Waals surface area contributed by atoms with Gasteiger partial charge in [0.1, 0.15) is 0 Å². The van der Waals surface area contributed by atoms with Crippen LogP contribution in [0.4, 0.5) is 5.69 Å². The van der Waals surface area contributed by atoms with E-state index in [2.05, 4.69) is 5.32 Å². The molecule has 0 radical (unpaired) electrons. The Labute approximate surface area is 119 Å². The maximum atomic E-state index is 12.1. The minimum atomic E-state index is -0.00352. The molecular weight excluding hydrogens is 252 g/mol.